The van der Waals surface area contributed by atoms with Gasteiger partial charge in [0.25, 0.3) is 0 Å². The third kappa shape index (κ3) is 4.42. The molecule has 1 nitrogen and oxygen atoms in total. The van der Waals surface area contributed by atoms with E-state index in [0.717, 1.165) is 28.2 Å². The van der Waals surface area contributed by atoms with Crippen LogP contribution in [-0.2, 0) is 10.8 Å². The van der Waals surface area contributed by atoms with E-state index in [4.69, 9.17) is 4.74 Å². The predicted molar refractivity (Wildman–Crippen MR) is 213 cm³/mol. The topological polar surface area (TPSA) is 9.23 Å². The zero-order valence-electron chi connectivity index (χ0n) is 29.0. The normalized spacial score (nSPS) is 16.2. The first kappa shape index (κ1) is 30.4. The van der Waals surface area contributed by atoms with Gasteiger partial charge in [-0.25, -0.2) is 0 Å². The van der Waals surface area contributed by atoms with Crippen molar-refractivity contribution in [1.29, 1.82) is 0 Å². The summed E-state index contributed by atoms with van der Waals surface area (Å²) in [4.78, 5) is 0. The molecule has 0 N–H and O–H groups in total. The van der Waals surface area contributed by atoms with Crippen molar-refractivity contribution in [1.82, 2.24) is 0 Å². The van der Waals surface area contributed by atoms with Gasteiger partial charge in [0, 0.05) is 16.5 Å². The van der Waals surface area contributed by atoms with Gasteiger partial charge in [-0.1, -0.05) is 170 Å². The molecule has 0 saturated carbocycles. The van der Waals surface area contributed by atoms with Gasteiger partial charge in [-0.2, -0.15) is 0 Å². The van der Waals surface area contributed by atoms with Gasteiger partial charge in [-0.15, -0.1) is 0 Å². The van der Waals surface area contributed by atoms with E-state index in [9.17, 15) is 0 Å². The van der Waals surface area contributed by atoms with Crippen molar-refractivity contribution in [2.45, 2.75) is 17.8 Å². The van der Waals surface area contributed by atoms with E-state index in [1.54, 1.807) is 0 Å². The van der Waals surface area contributed by atoms with Crippen molar-refractivity contribution < 1.29 is 4.74 Å². The highest BCUT2D eigenvalue weighted by Gasteiger charge is 2.45. The molecule has 1 unspecified atom stereocenters. The number of benzene rings is 8. The molecule has 52 heavy (non-hydrogen) atoms. The lowest BCUT2D eigenvalue weighted by molar-refractivity contribution is 0.434. The highest BCUT2D eigenvalue weighted by molar-refractivity contribution is 5.86. The fraction of sp³-hybridized carbons (Fsp3) is 0.0588. The fourth-order valence-electron chi connectivity index (χ4n) is 9.02. The molecule has 246 valence electrons. The van der Waals surface area contributed by atoms with Crippen LogP contribution in [0.25, 0.3) is 33.4 Å². The van der Waals surface area contributed by atoms with Gasteiger partial charge < -0.3 is 4.74 Å². The van der Waals surface area contributed by atoms with Crippen LogP contribution in [0.15, 0.2) is 200 Å². The van der Waals surface area contributed by atoms with Gasteiger partial charge in [-0.05, 0) is 98.5 Å². The van der Waals surface area contributed by atoms with Crippen LogP contribution in [0.3, 0.4) is 0 Å². The summed E-state index contributed by atoms with van der Waals surface area (Å²) >= 11 is 0. The van der Waals surface area contributed by atoms with Crippen LogP contribution >= 0.6 is 0 Å². The standard InChI is InChI=1S/C51H36O/c1-50(39-18-5-2-6-19-39)44-25-12-11-24-42(44)43-30-28-37(33-46(43)50)35-16-15-17-36(32-35)38-29-31-49-47(34-38)51(40-20-7-3-8-21-40,41-22-9-4-10-23-41)45-26-13-14-27-48(45)52-49/h2-34H,1H3. The molecule has 0 fully saturated rings. The lowest BCUT2D eigenvalue weighted by Crippen LogP contribution is -2.34. The van der Waals surface area contributed by atoms with E-state index < -0.39 is 5.41 Å². The second-order valence-electron chi connectivity index (χ2n) is 14.2. The number of hydrogen-bond acceptors (Lipinski definition) is 1. The van der Waals surface area contributed by atoms with Crippen molar-refractivity contribution in [3.8, 4) is 44.9 Å². The Morgan fingerprint density at radius 3 is 1.48 bits per heavy atom. The van der Waals surface area contributed by atoms with Crippen molar-refractivity contribution in [2.24, 2.45) is 0 Å². The molecular formula is C51H36O. The van der Waals surface area contributed by atoms with Gasteiger partial charge in [0.2, 0.25) is 0 Å². The van der Waals surface area contributed by atoms with Crippen LogP contribution in [-0.4, -0.2) is 0 Å². The summed E-state index contributed by atoms with van der Waals surface area (Å²) < 4.78 is 6.68. The third-order valence-electron chi connectivity index (χ3n) is 11.5. The Balaban J connectivity index is 1.13. The second-order valence-corrected chi connectivity index (χ2v) is 14.2. The minimum absolute atomic E-state index is 0.242. The molecule has 8 aromatic rings. The van der Waals surface area contributed by atoms with E-state index in [1.165, 1.54) is 55.6 Å². The number of ether oxygens (including phenoxy) is 1. The molecule has 1 heterocycles. The molecule has 8 aromatic carbocycles. The number of para-hydroxylation sites is 1. The Hall–Kier alpha value is -6.44. The van der Waals surface area contributed by atoms with Crippen LogP contribution in [0.1, 0.15) is 45.9 Å². The van der Waals surface area contributed by atoms with E-state index in [-0.39, 0.29) is 5.41 Å². The number of fused-ring (bicyclic) bond motifs is 5. The molecule has 1 heteroatoms. The summed E-state index contributed by atoms with van der Waals surface area (Å²) in [5.74, 6) is 1.77. The molecule has 0 saturated heterocycles. The molecule has 1 aliphatic carbocycles. The SMILES string of the molecule is CC1(c2ccccc2)c2ccccc2-c2ccc(-c3cccc(-c4ccc5c(c4)C(c4ccccc4)(c4ccccc4)c4ccccc4O5)c3)cc21. The molecule has 0 bridgehead atoms. The molecule has 0 radical (unpaired) electrons. The third-order valence-corrected chi connectivity index (χ3v) is 11.5. The number of rotatable bonds is 5. The Bertz CT molecular complexity index is 2560. The minimum atomic E-state index is -0.558. The van der Waals surface area contributed by atoms with Gasteiger partial charge >= 0.3 is 0 Å². The molecule has 0 amide bonds. The smallest absolute Gasteiger partial charge is 0.132 e. The summed E-state index contributed by atoms with van der Waals surface area (Å²) in [5.41, 5.74) is 15.3. The maximum Gasteiger partial charge on any atom is 0.132 e. The average molecular weight is 665 g/mol. The zero-order chi connectivity index (χ0) is 34.7. The van der Waals surface area contributed by atoms with Crippen LogP contribution < -0.4 is 4.74 Å². The van der Waals surface area contributed by atoms with Gasteiger partial charge in [0.05, 0.1) is 5.41 Å². The van der Waals surface area contributed by atoms with Crippen LogP contribution in [0.5, 0.6) is 11.5 Å². The summed E-state index contributed by atoms with van der Waals surface area (Å²) in [6.45, 7) is 2.38. The summed E-state index contributed by atoms with van der Waals surface area (Å²) in [6, 6.07) is 72.9. The Kier molecular flexibility index (Phi) is 6.91. The summed E-state index contributed by atoms with van der Waals surface area (Å²) in [6.07, 6.45) is 0. The number of hydrogen-bond donors (Lipinski definition) is 0. The molecule has 10 rings (SSSR count). The fourth-order valence-corrected chi connectivity index (χ4v) is 9.02. The van der Waals surface area contributed by atoms with Gasteiger partial charge in [0.15, 0.2) is 0 Å². The second kappa shape index (κ2) is 11.8. The quantitative estimate of drug-likeness (QED) is 0.178. The Labute approximate surface area is 305 Å². The Morgan fingerprint density at radius 2 is 0.808 bits per heavy atom. The van der Waals surface area contributed by atoms with E-state index in [2.05, 4.69) is 207 Å². The molecule has 1 aliphatic heterocycles. The van der Waals surface area contributed by atoms with Crippen LogP contribution in [0.4, 0.5) is 0 Å². The molecule has 1 atom stereocenters. The molecule has 0 aromatic heterocycles. The van der Waals surface area contributed by atoms with E-state index >= 15 is 0 Å². The maximum absolute atomic E-state index is 6.68. The van der Waals surface area contributed by atoms with E-state index in [0.29, 0.717) is 0 Å². The van der Waals surface area contributed by atoms with Gasteiger partial charge in [-0.3, -0.25) is 0 Å². The highest BCUT2D eigenvalue weighted by Crippen LogP contribution is 2.56. The first-order valence-electron chi connectivity index (χ1n) is 18.1. The summed E-state index contributed by atoms with van der Waals surface area (Å²) in [5, 5.41) is 0. The zero-order valence-corrected chi connectivity index (χ0v) is 29.0. The van der Waals surface area contributed by atoms with Crippen LogP contribution in [0.2, 0.25) is 0 Å². The first-order valence-corrected chi connectivity index (χ1v) is 18.1. The van der Waals surface area contributed by atoms with Gasteiger partial charge in [0.1, 0.15) is 11.5 Å². The molecule has 0 spiro atoms. The van der Waals surface area contributed by atoms with Crippen molar-refractivity contribution in [3.05, 3.63) is 239 Å². The monoisotopic (exact) mass is 664 g/mol. The minimum Gasteiger partial charge on any atom is -0.457 e. The summed E-state index contributed by atoms with van der Waals surface area (Å²) in [7, 11) is 0. The highest BCUT2D eigenvalue weighted by atomic mass is 16.5. The lowest BCUT2D eigenvalue weighted by atomic mass is 9.63. The largest absolute Gasteiger partial charge is 0.457 e. The molecule has 2 aliphatic rings. The Morgan fingerprint density at radius 1 is 0.327 bits per heavy atom. The predicted octanol–water partition coefficient (Wildman–Crippen LogP) is 12.8. The maximum atomic E-state index is 6.68. The van der Waals surface area contributed by atoms with Crippen molar-refractivity contribution >= 4 is 0 Å². The lowest BCUT2D eigenvalue weighted by Gasteiger charge is -2.41. The van der Waals surface area contributed by atoms with Crippen molar-refractivity contribution in [3.63, 3.8) is 0 Å². The van der Waals surface area contributed by atoms with Crippen molar-refractivity contribution in [2.75, 3.05) is 0 Å². The average Bonchev–Trinajstić information content (AvgIpc) is 3.49. The first-order chi connectivity index (χ1) is 25.7. The van der Waals surface area contributed by atoms with Crippen LogP contribution in [0, 0.1) is 0 Å². The van der Waals surface area contributed by atoms with E-state index in [1.807, 2.05) is 0 Å². The molecular weight excluding hydrogens is 629 g/mol.